The Morgan fingerprint density at radius 1 is 1.38 bits per heavy atom. The number of nitrogens with one attached hydrogen (secondary N) is 2. The van der Waals surface area contributed by atoms with Crippen molar-refractivity contribution in [2.45, 2.75) is 11.8 Å². The van der Waals surface area contributed by atoms with Gasteiger partial charge >= 0.3 is 0 Å². The molecule has 7 nitrogen and oxygen atoms in total. The molecule has 0 atom stereocenters. The van der Waals surface area contributed by atoms with Crippen molar-refractivity contribution >= 4 is 38.5 Å². The number of thiazole rings is 1. The fourth-order valence-corrected chi connectivity index (χ4v) is 3.44. The van der Waals surface area contributed by atoms with Crippen LogP contribution >= 0.6 is 11.3 Å². The molecule has 2 N–H and O–H groups in total. The van der Waals surface area contributed by atoms with Crippen LogP contribution in [0.4, 0.5) is 5.13 Å². The molecule has 0 radical (unpaired) electrons. The molecule has 0 fully saturated rings. The molecule has 0 aliphatic rings. The summed E-state index contributed by atoms with van der Waals surface area (Å²) in [4.78, 5) is 16.9. The Kier molecular flexibility index (Phi) is 5.71. The van der Waals surface area contributed by atoms with Crippen LogP contribution in [0.2, 0.25) is 0 Å². The molecule has 0 saturated heterocycles. The predicted octanol–water partition coefficient (Wildman–Crippen LogP) is 2.02. The van der Waals surface area contributed by atoms with Gasteiger partial charge in [-0.05, 0) is 37.7 Å². The Bertz CT molecular complexity index is 873. The van der Waals surface area contributed by atoms with Gasteiger partial charge < -0.3 is 4.74 Å². The molecule has 1 aromatic carbocycles. The van der Waals surface area contributed by atoms with Crippen molar-refractivity contribution in [1.29, 1.82) is 0 Å². The van der Waals surface area contributed by atoms with Crippen molar-refractivity contribution in [2.24, 2.45) is 0 Å². The molecule has 0 unspecified atom stereocenters. The standard InChI is InChI=1S/C15H17N3O4S2/c1-10-9-17-15(23-10)18-14(19)7-5-11-4-6-12(22-3)13(8-11)24(20,21)16-2/h4-9,16H,1-3H3,(H,17,18,19). The Hall–Kier alpha value is -2.23. The van der Waals surface area contributed by atoms with Gasteiger partial charge in [0.15, 0.2) is 5.13 Å². The summed E-state index contributed by atoms with van der Waals surface area (Å²) in [5, 5.41) is 3.15. The number of amides is 1. The predicted molar refractivity (Wildman–Crippen MR) is 93.8 cm³/mol. The maximum Gasteiger partial charge on any atom is 0.250 e. The first kappa shape index (κ1) is 18.1. The van der Waals surface area contributed by atoms with E-state index < -0.39 is 10.0 Å². The second kappa shape index (κ2) is 7.56. The molecule has 2 rings (SSSR count). The van der Waals surface area contributed by atoms with Gasteiger partial charge in [-0.15, -0.1) is 11.3 Å². The lowest BCUT2D eigenvalue weighted by Gasteiger charge is -2.09. The highest BCUT2D eigenvalue weighted by Gasteiger charge is 2.17. The van der Waals surface area contributed by atoms with E-state index in [1.807, 2.05) is 6.92 Å². The van der Waals surface area contributed by atoms with E-state index >= 15 is 0 Å². The minimum atomic E-state index is -3.67. The SMILES string of the molecule is CNS(=O)(=O)c1cc(C=CC(=O)Nc2ncc(C)s2)ccc1OC. The Labute approximate surface area is 144 Å². The number of anilines is 1. The van der Waals surface area contributed by atoms with Gasteiger partial charge in [0.1, 0.15) is 10.6 Å². The Morgan fingerprint density at radius 3 is 2.71 bits per heavy atom. The van der Waals surface area contributed by atoms with Gasteiger partial charge in [0.25, 0.3) is 0 Å². The van der Waals surface area contributed by atoms with Crippen molar-refractivity contribution in [3.8, 4) is 5.75 Å². The van der Waals surface area contributed by atoms with E-state index in [0.717, 1.165) is 4.88 Å². The van der Waals surface area contributed by atoms with E-state index in [0.29, 0.717) is 10.7 Å². The monoisotopic (exact) mass is 367 g/mol. The Balaban J connectivity index is 2.20. The fraction of sp³-hybridized carbons (Fsp3) is 0.200. The van der Waals surface area contributed by atoms with E-state index in [1.54, 1.807) is 12.3 Å². The van der Waals surface area contributed by atoms with Crippen LogP contribution in [0.25, 0.3) is 6.08 Å². The normalized spacial score (nSPS) is 11.6. The third-order valence-electron chi connectivity index (χ3n) is 3.02. The number of rotatable bonds is 6. The van der Waals surface area contributed by atoms with Crippen LogP contribution in [-0.4, -0.2) is 33.5 Å². The molecular weight excluding hydrogens is 350 g/mol. The zero-order chi connectivity index (χ0) is 17.7. The third kappa shape index (κ3) is 4.40. The van der Waals surface area contributed by atoms with Crippen LogP contribution in [0, 0.1) is 6.92 Å². The van der Waals surface area contributed by atoms with E-state index in [2.05, 4.69) is 15.0 Å². The molecular formula is C15H17N3O4S2. The van der Waals surface area contributed by atoms with Crippen LogP contribution in [0.1, 0.15) is 10.4 Å². The van der Waals surface area contributed by atoms with Crippen LogP contribution in [0.15, 0.2) is 35.4 Å². The zero-order valence-electron chi connectivity index (χ0n) is 13.4. The lowest BCUT2D eigenvalue weighted by molar-refractivity contribution is -0.111. The van der Waals surface area contributed by atoms with Gasteiger partial charge in [0, 0.05) is 17.2 Å². The van der Waals surface area contributed by atoms with Crippen molar-refractivity contribution in [3.05, 3.63) is 40.9 Å². The number of ether oxygens (including phenoxy) is 1. The van der Waals surface area contributed by atoms with Gasteiger partial charge in [-0.1, -0.05) is 6.07 Å². The molecule has 0 spiro atoms. The van der Waals surface area contributed by atoms with Crippen LogP contribution in [0.5, 0.6) is 5.75 Å². The van der Waals surface area contributed by atoms with Crippen molar-refractivity contribution in [2.75, 3.05) is 19.5 Å². The van der Waals surface area contributed by atoms with Gasteiger partial charge in [-0.25, -0.2) is 18.1 Å². The molecule has 0 saturated carbocycles. The number of aryl methyl sites for hydroxylation is 1. The van der Waals surface area contributed by atoms with Crippen molar-refractivity contribution in [3.63, 3.8) is 0 Å². The molecule has 1 heterocycles. The maximum atomic E-state index is 12.0. The maximum absolute atomic E-state index is 12.0. The third-order valence-corrected chi connectivity index (χ3v) is 5.29. The second-order valence-electron chi connectivity index (χ2n) is 4.72. The van der Waals surface area contributed by atoms with E-state index in [4.69, 9.17) is 4.74 Å². The summed E-state index contributed by atoms with van der Waals surface area (Å²) in [7, 11) is -0.954. The number of nitrogens with zero attached hydrogens (tertiary/aromatic N) is 1. The number of methoxy groups -OCH3 is 1. The highest BCUT2D eigenvalue weighted by molar-refractivity contribution is 7.89. The van der Waals surface area contributed by atoms with Crippen LogP contribution in [-0.2, 0) is 14.8 Å². The number of hydrogen-bond acceptors (Lipinski definition) is 6. The topological polar surface area (TPSA) is 97.4 Å². The summed E-state index contributed by atoms with van der Waals surface area (Å²) < 4.78 is 31.3. The lowest BCUT2D eigenvalue weighted by atomic mass is 10.2. The molecule has 0 aliphatic heterocycles. The summed E-state index contributed by atoms with van der Waals surface area (Å²) in [5.41, 5.74) is 0.551. The van der Waals surface area contributed by atoms with Gasteiger partial charge in [0.05, 0.1) is 7.11 Å². The van der Waals surface area contributed by atoms with Gasteiger partial charge in [0.2, 0.25) is 15.9 Å². The minimum Gasteiger partial charge on any atom is -0.495 e. The summed E-state index contributed by atoms with van der Waals surface area (Å²) in [6.45, 7) is 1.89. The number of hydrogen-bond donors (Lipinski definition) is 2. The number of benzene rings is 1. The summed E-state index contributed by atoms with van der Waals surface area (Å²) in [6, 6.07) is 4.62. The average Bonchev–Trinajstić information content (AvgIpc) is 2.97. The molecule has 128 valence electrons. The number of carbonyl (C=O) groups excluding carboxylic acids is 1. The molecule has 0 bridgehead atoms. The average molecular weight is 367 g/mol. The van der Waals surface area contributed by atoms with Crippen molar-refractivity contribution in [1.82, 2.24) is 9.71 Å². The molecule has 2 aromatic rings. The number of sulfonamides is 1. The van der Waals surface area contributed by atoms with E-state index in [9.17, 15) is 13.2 Å². The fourth-order valence-electron chi connectivity index (χ4n) is 1.85. The van der Waals surface area contributed by atoms with Crippen LogP contribution in [0.3, 0.4) is 0 Å². The second-order valence-corrected chi connectivity index (χ2v) is 7.81. The largest absolute Gasteiger partial charge is 0.495 e. The van der Waals surface area contributed by atoms with Gasteiger partial charge in [-0.2, -0.15) is 0 Å². The molecule has 1 aromatic heterocycles. The molecule has 0 aliphatic carbocycles. The smallest absolute Gasteiger partial charge is 0.250 e. The first-order valence-electron chi connectivity index (χ1n) is 6.89. The minimum absolute atomic E-state index is 0.00519. The van der Waals surface area contributed by atoms with Crippen LogP contribution < -0.4 is 14.8 Å². The van der Waals surface area contributed by atoms with Gasteiger partial charge in [-0.3, -0.25) is 10.1 Å². The highest BCUT2D eigenvalue weighted by Crippen LogP contribution is 2.25. The van der Waals surface area contributed by atoms with E-state index in [-0.39, 0.29) is 16.6 Å². The number of aromatic nitrogens is 1. The Morgan fingerprint density at radius 2 is 2.12 bits per heavy atom. The molecule has 24 heavy (non-hydrogen) atoms. The molecule has 9 heteroatoms. The van der Waals surface area contributed by atoms with E-state index in [1.165, 1.54) is 49.8 Å². The number of carbonyl (C=O) groups is 1. The summed E-state index contributed by atoms with van der Waals surface area (Å²) >= 11 is 1.37. The zero-order valence-corrected chi connectivity index (χ0v) is 15.0. The first-order chi connectivity index (χ1) is 11.4. The summed E-state index contributed by atoms with van der Waals surface area (Å²) in [6.07, 6.45) is 4.50. The lowest BCUT2D eigenvalue weighted by Crippen LogP contribution is -2.19. The van der Waals surface area contributed by atoms with Crippen molar-refractivity contribution < 1.29 is 17.9 Å². The molecule has 1 amide bonds. The highest BCUT2D eigenvalue weighted by atomic mass is 32.2. The quantitative estimate of drug-likeness (QED) is 0.761. The summed E-state index contributed by atoms with van der Waals surface area (Å²) in [5.74, 6) is -0.123. The first-order valence-corrected chi connectivity index (χ1v) is 9.19.